The molecule has 0 aliphatic carbocycles. The fraction of sp³-hybridized carbons (Fsp3) is 0.273. The topological polar surface area (TPSA) is 96.4 Å². The third kappa shape index (κ3) is 5.03. The van der Waals surface area contributed by atoms with Gasteiger partial charge in [0.25, 0.3) is 0 Å². The molecule has 2 amide bonds. The number of fused-ring (bicyclic) bond motifs is 1. The summed E-state index contributed by atoms with van der Waals surface area (Å²) >= 11 is 2.70. The molecular formula is C22H23N5O3S2. The van der Waals surface area contributed by atoms with Crippen LogP contribution in [0.5, 0.6) is 5.75 Å². The Balaban J connectivity index is 1.43. The number of hydrogen-bond donors (Lipinski definition) is 2. The summed E-state index contributed by atoms with van der Waals surface area (Å²) in [5.74, 6) is 0.751. The van der Waals surface area contributed by atoms with Crippen molar-refractivity contribution in [3.63, 3.8) is 0 Å². The van der Waals surface area contributed by atoms with Crippen molar-refractivity contribution in [2.24, 2.45) is 0 Å². The summed E-state index contributed by atoms with van der Waals surface area (Å²) in [6.07, 6.45) is 0.247. The van der Waals surface area contributed by atoms with E-state index in [1.165, 1.54) is 23.1 Å². The van der Waals surface area contributed by atoms with Crippen LogP contribution in [0, 0.1) is 0 Å². The number of hydrogen-bond acceptors (Lipinski definition) is 8. The van der Waals surface area contributed by atoms with Crippen LogP contribution in [0.4, 0.5) is 22.2 Å². The van der Waals surface area contributed by atoms with Gasteiger partial charge in [-0.05, 0) is 38.1 Å². The van der Waals surface area contributed by atoms with Crippen molar-refractivity contribution in [3.8, 4) is 5.75 Å². The highest BCUT2D eigenvalue weighted by molar-refractivity contribution is 8.01. The molecule has 1 aliphatic heterocycles. The molecule has 0 unspecified atom stereocenters. The maximum atomic E-state index is 13.1. The van der Waals surface area contributed by atoms with Crippen LogP contribution in [-0.4, -0.2) is 40.4 Å². The molecule has 0 spiro atoms. The lowest BCUT2D eigenvalue weighted by Gasteiger charge is -2.27. The monoisotopic (exact) mass is 469 g/mol. The van der Waals surface area contributed by atoms with Gasteiger partial charge in [0.05, 0.1) is 29.4 Å². The minimum absolute atomic E-state index is 0.0853. The average Bonchev–Trinajstić information content (AvgIpc) is 3.17. The van der Waals surface area contributed by atoms with E-state index in [9.17, 15) is 9.59 Å². The number of nitrogens with one attached hydrogen (secondary N) is 2. The predicted octanol–water partition coefficient (Wildman–Crippen LogP) is 4.54. The first-order valence-electron chi connectivity index (χ1n) is 10.2. The number of ether oxygens (including phenoxy) is 1. The lowest BCUT2D eigenvalue weighted by molar-refractivity contribution is -0.117. The smallest absolute Gasteiger partial charge is 0.237 e. The number of nitrogens with zero attached hydrogens (tertiary/aromatic N) is 3. The largest absolute Gasteiger partial charge is 0.492 e. The van der Waals surface area contributed by atoms with Crippen LogP contribution in [0.2, 0.25) is 0 Å². The number of thioether (sulfide) groups is 1. The maximum absolute atomic E-state index is 13.1. The zero-order valence-corrected chi connectivity index (χ0v) is 19.3. The fourth-order valence-electron chi connectivity index (χ4n) is 3.45. The van der Waals surface area contributed by atoms with Gasteiger partial charge in [-0.25, -0.2) is 0 Å². The predicted molar refractivity (Wildman–Crippen MR) is 128 cm³/mol. The lowest BCUT2D eigenvalue weighted by atomic mass is 10.2. The Bertz CT molecular complexity index is 1120. The molecule has 3 aromatic rings. The summed E-state index contributed by atoms with van der Waals surface area (Å²) in [5.41, 5.74) is 2.17. The normalized spacial score (nSPS) is 15.5. The third-order valence-electron chi connectivity index (χ3n) is 4.78. The molecule has 1 aliphatic rings. The standard InChI is InChI=1S/C22H23N5O3S2/c1-3-30-18-11-7-5-9-16(18)24-21-25-26-22(32-21)31-13-20(29)27-14(2)12-19(28)23-15-8-4-6-10-17(15)27/h4-11,14H,3,12-13H2,1-2H3,(H,23,28)(H,24,25)/t14-/m0/s1. The van der Waals surface area contributed by atoms with Gasteiger partial charge in [-0.15, -0.1) is 10.2 Å². The van der Waals surface area contributed by atoms with E-state index in [-0.39, 0.29) is 30.0 Å². The van der Waals surface area contributed by atoms with Crippen molar-refractivity contribution in [1.82, 2.24) is 10.2 Å². The van der Waals surface area contributed by atoms with E-state index >= 15 is 0 Å². The van der Waals surface area contributed by atoms with Gasteiger partial charge in [0.1, 0.15) is 5.75 Å². The van der Waals surface area contributed by atoms with Crippen LogP contribution in [0.25, 0.3) is 0 Å². The van der Waals surface area contributed by atoms with E-state index in [1.807, 2.05) is 62.4 Å². The Kier molecular flexibility index (Phi) is 6.91. The van der Waals surface area contributed by atoms with Gasteiger partial charge in [0.15, 0.2) is 4.34 Å². The SMILES string of the molecule is CCOc1ccccc1Nc1nnc(SCC(=O)N2c3ccccc3NC(=O)C[C@@H]2C)s1. The lowest BCUT2D eigenvalue weighted by Crippen LogP contribution is -2.40. The zero-order valence-electron chi connectivity index (χ0n) is 17.7. The van der Waals surface area contributed by atoms with E-state index in [4.69, 9.17) is 4.74 Å². The first-order valence-corrected chi connectivity index (χ1v) is 12.0. The van der Waals surface area contributed by atoms with Crippen LogP contribution in [0.3, 0.4) is 0 Å². The summed E-state index contributed by atoms with van der Waals surface area (Å²) in [4.78, 5) is 26.9. The summed E-state index contributed by atoms with van der Waals surface area (Å²) in [5, 5.41) is 15.1. The van der Waals surface area contributed by atoms with Crippen LogP contribution >= 0.6 is 23.1 Å². The van der Waals surface area contributed by atoms with Gasteiger partial charge in [-0.2, -0.15) is 0 Å². The Morgan fingerprint density at radius 1 is 1.25 bits per heavy atom. The zero-order chi connectivity index (χ0) is 22.5. The molecule has 0 saturated carbocycles. The third-order valence-corrected chi connectivity index (χ3v) is 6.74. The van der Waals surface area contributed by atoms with Crippen LogP contribution in [0.15, 0.2) is 52.9 Å². The van der Waals surface area contributed by atoms with E-state index < -0.39 is 0 Å². The molecule has 0 radical (unpaired) electrons. The quantitative estimate of drug-likeness (QED) is 0.491. The second-order valence-corrected chi connectivity index (χ2v) is 9.30. The Morgan fingerprint density at radius 2 is 2.03 bits per heavy atom. The van der Waals surface area contributed by atoms with Crippen molar-refractivity contribution in [2.75, 3.05) is 27.9 Å². The molecule has 32 heavy (non-hydrogen) atoms. The highest BCUT2D eigenvalue weighted by Gasteiger charge is 2.29. The van der Waals surface area contributed by atoms with E-state index in [0.717, 1.165) is 11.4 Å². The van der Waals surface area contributed by atoms with E-state index in [1.54, 1.807) is 4.90 Å². The van der Waals surface area contributed by atoms with Gasteiger partial charge in [0.2, 0.25) is 16.9 Å². The van der Waals surface area contributed by atoms with Crippen molar-refractivity contribution in [3.05, 3.63) is 48.5 Å². The summed E-state index contributed by atoms with van der Waals surface area (Å²) in [6, 6.07) is 14.7. The molecule has 166 valence electrons. The Labute approximate surface area is 194 Å². The first kappa shape index (κ1) is 22.1. The number of para-hydroxylation sites is 4. The number of anilines is 4. The van der Waals surface area contributed by atoms with Crippen molar-refractivity contribution in [1.29, 1.82) is 0 Å². The van der Waals surface area contributed by atoms with Gasteiger partial charge in [0, 0.05) is 12.5 Å². The summed E-state index contributed by atoms with van der Waals surface area (Å²) in [7, 11) is 0. The van der Waals surface area contributed by atoms with E-state index in [0.29, 0.717) is 27.5 Å². The van der Waals surface area contributed by atoms with Crippen molar-refractivity contribution in [2.45, 2.75) is 30.6 Å². The molecule has 1 atom stereocenters. The van der Waals surface area contributed by atoms with Gasteiger partial charge < -0.3 is 20.3 Å². The van der Waals surface area contributed by atoms with Gasteiger partial charge in [-0.1, -0.05) is 47.4 Å². The minimum Gasteiger partial charge on any atom is -0.492 e. The highest BCUT2D eigenvalue weighted by Crippen LogP contribution is 2.34. The molecule has 0 fully saturated rings. The molecular weight excluding hydrogens is 446 g/mol. The van der Waals surface area contributed by atoms with Gasteiger partial charge >= 0.3 is 0 Å². The van der Waals surface area contributed by atoms with E-state index in [2.05, 4.69) is 20.8 Å². The van der Waals surface area contributed by atoms with Crippen molar-refractivity contribution >= 4 is 57.1 Å². The highest BCUT2D eigenvalue weighted by atomic mass is 32.2. The van der Waals surface area contributed by atoms with Crippen LogP contribution < -0.4 is 20.3 Å². The van der Waals surface area contributed by atoms with Crippen molar-refractivity contribution < 1.29 is 14.3 Å². The fourth-order valence-corrected chi connectivity index (χ4v) is 5.07. The molecule has 0 bridgehead atoms. The summed E-state index contributed by atoms with van der Waals surface area (Å²) in [6.45, 7) is 4.38. The molecule has 4 rings (SSSR count). The Hall–Kier alpha value is -3.11. The number of amides is 2. The van der Waals surface area contributed by atoms with Gasteiger partial charge in [-0.3, -0.25) is 9.59 Å². The van der Waals surface area contributed by atoms with Crippen LogP contribution in [0.1, 0.15) is 20.3 Å². The molecule has 2 heterocycles. The minimum atomic E-state index is -0.242. The first-order chi connectivity index (χ1) is 15.5. The average molecular weight is 470 g/mol. The number of benzene rings is 2. The molecule has 1 aromatic heterocycles. The second-order valence-electron chi connectivity index (χ2n) is 7.10. The number of rotatable bonds is 7. The second kappa shape index (κ2) is 10.0. The maximum Gasteiger partial charge on any atom is 0.237 e. The number of carbonyl (C=O) groups is 2. The van der Waals surface area contributed by atoms with Crippen LogP contribution in [-0.2, 0) is 9.59 Å². The molecule has 8 nitrogen and oxygen atoms in total. The number of aromatic nitrogens is 2. The Morgan fingerprint density at radius 3 is 2.88 bits per heavy atom. The molecule has 10 heteroatoms. The number of carbonyl (C=O) groups excluding carboxylic acids is 2. The molecule has 2 aromatic carbocycles. The molecule has 0 saturated heterocycles. The summed E-state index contributed by atoms with van der Waals surface area (Å²) < 4.78 is 6.31. The molecule has 2 N–H and O–H groups in total.